The highest BCUT2D eigenvalue weighted by Crippen LogP contribution is 2.47. The topological polar surface area (TPSA) is 26.3 Å². The summed E-state index contributed by atoms with van der Waals surface area (Å²) in [5, 5.41) is 0. The average molecular weight is 326 g/mol. The monoisotopic (exact) mass is 326 g/mol. The Morgan fingerprint density at radius 2 is 2.12 bits per heavy atom. The van der Waals surface area contributed by atoms with Gasteiger partial charge in [-0.2, -0.15) is 0 Å². The molecule has 0 N–H and O–H groups in total. The van der Waals surface area contributed by atoms with E-state index in [1.807, 2.05) is 6.08 Å². The van der Waals surface area contributed by atoms with E-state index in [1.165, 1.54) is 30.4 Å². The maximum Gasteiger partial charge on any atom is 0.155 e. The Kier molecular flexibility index (Phi) is 5.76. The minimum atomic E-state index is 0.310. The molecule has 0 aliphatic heterocycles. The molecule has 1 saturated carbocycles. The zero-order valence-electron chi connectivity index (χ0n) is 15.1. The molecule has 0 heterocycles. The third kappa shape index (κ3) is 3.74. The molecule has 0 radical (unpaired) electrons. The number of benzene rings is 1. The van der Waals surface area contributed by atoms with Crippen molar-refractivity contribution in [2.45, 2.75) is 58.3 Å². The second-order valence-corrected chi connectivity index (χ2v) is 7.45. The Bertz CT molecular complexity index is 602. The van der Waals surface area contributed by atoms with E-state index in [4.69, 9.17) is 4.74 Å². The minimum absolute atomic E-state index is 0.310. The van der Waals surface area contributed by atoms with E-state index in [0.717, 1.165) is 37.4 Å². The second-order valence-electron chi connectivity index (χ2n) is 7.45. The molecule has 24 heavy (non-hydrogen) atoms. The number of hydrogen-bond donors (Lipinski definition) is 0. The van der Waals surface area contributed by atoms with Gasteiger partial charge in [0.05, 0.1) is 7.11 Å². The fourth-order valence-corrected chi connectivity index (χ4v) is 4.60. The second kappa shape index (κ2) is 8.00. The molecule has 0 saturated heterocycles. The lowest BCUT2D eigenvalue weighted by molar-refractivity contribution is -0.114. The largest absolute Gasteiger partial charge is 0.496 e. The summed E-state index contributed by atoms with van der Waals surface area (Å²) in [4.78, 5) is 12.0. The molecule has 0 aromatic heterocycles. The maximum atomic E-state index is 12.0. The van der Waals surface area contributed by atoms with Crippen LogP contribution >= 0.6 is 0 Å². The van der Waals surface area contributed by atoms with Crippen molar-refractivity contribution in [3.05, 3.63) is 41.5 Å². The fourth-order valence-electron chi connectivity index (χ4n) is 4.60. The van der Waals surface area contributed by atoms with E-state index in [2.05, 4.69) is 31.2 Å². The molecule has 130 valence electrons. The first-order valence-electron chi connectivity index (χ1n) is 9.58. The van der Waals surface area contributed by atoms with Crippen LogP contribution in [0.5, 0.6) is 5.75 Å². The first kappa shape index (κ1) is 17.3. The summed E-state index contributed by atoms with van der Waals surface area (Å²) < 4.78 is 5.55. The predicted molar refractivity (Wildman–Crippen MR) is 98.4 cm³/mol. The number of hydrogen-bond acceptors (Lipinski definition) is 2. The van der Waals surface area contributed by atoms with Crippen LogP contribution in [0, 0.1) is 17.8 Å². The summed E-state index contributed by atoms with van der Waals surface area (Å²) in [5.41, 5.74) is 2.87. The maximum absolute atomic E-state index is 12.0. The lowest BCUT2D eigenvalue weighted by Gasteiger charge is -2.31. The fraction of sp³-hybridized carbons (Fsp3) is 0.591. The standard InChI is InChI=1S/C22H30O2/c1-3-4-5-8-19(23)13-12-16-10-11-18-15-21-17(14-20(16)18)7-6-9-22(21)24-2/h6-7,9,12-13,16,18,20H,3-5,8,10-11,14-15H2,1-2H3/b13-12+/t16-,18-,20-/m1/s1. The molecule has 0 amide bonds. The number of fused-ring (bicyclic) bond motifs is 2. The molecular formula is C22H30O2. The average Bonchev–Trinajstić information content (AvgIpc) is 2.99. The van der Waals surface area contributed by atoms with E-state index in [0.29, 0.717) is 24.0 Å². The van der Waals surface area contributed by atoms with Gasteiger partial charge in [-0.3, -0.25) is 4.79 Å². The Labute approximate surface area is 146 Å². The van der Waals surface area contributed by atoms with E-state index in [-0.39, 0.29) is 0 Å². The van der Waals surface area contributed by atoms with Gasteiger partial charge in [-0.25, -0.2) is 0 Å². The van der Waals surface area contributed by atoms with Gasteiger partial charge >= 0.3 is 0 Å². The molecule has 1 fully saturated rings. The van der Waals surface area contributed by atoms with Crippen molar-refractivity contribution < 1.29 is 9.53 Å². The van der Waals surface area contributed by atoms with Gasteiger partial charge in [0.1, 0.15) is 5.75 Å². The van der Waals surface area contributed by atoms with E-state index >= 15 is 0 Å². The highest BCUT2D eigenvalue weighted by molar-refractivity contribution is 5.89. The van der Waals surface area contributed by atoms with Crippen LogP contribution in [-0.4, -0.2) is 12.9 Å². The van der Waals surface area contributed by atoms with Gasteiger partial charge in [0.15, 0.2) is 5.78 Å². The van der Waals surface area contributed by atoms with Crippen LogP contribution in [0.15, 0.2) is 30.4 Å². The van der Waals surface area contributed by atoms with Crippen LogP contribution in [-0.2, 0) is 17.6 Å². The van der Waals surface area contributed by atoms with Crippen molar-refractivity contribution in [2.75, 3.05) is 7.11 Å². The number of carbonyl (C=O) groups excluding carboxylic acids is 1. The predicted octanol–water partition coefficient (Wildman–Crippen LogP) is 5.14. The van der Waals surface area contributed by atoms with E-state index in [9.17, 15) is 4.79 Å². The SMILES string of the molecule is CCCCCC(=O)/C=C/[C@H]1CC[C@@H]2Cc3c(cccc3OC)C[C@@H]21. The van der Waals surface area contributed by atoms with Crippen LogP contribution in [0.25, 0.3) is 0 Å². The van der Waals surface area contributed by atoms with Crippen LogP contribution in [0.3, 0.4) is 0 Å². The van der Waals surface area contributed by atoms with Gasteiger partial charge in [-0.15, -0.1) is 0 Å². The normalized spacial score (nSPS) is 25.5. The van der Waals surface area contributed by atoms with Crippen molar-refractivity contribution in [1.29, 1.82) is 0 Å². The van der Waals surface area contributed by atoms with E-state index < -0.39 is 0 Å². The zero-order valence-corrected chi connectivity index (χ0v) is 15.1. The summed E-state index contributed by atoms with van der Waals surface area (Å²) >= 11 is 0. The highest BCUT2D eigenvalue weighted by atomic mass is 16.5. The summed E-state index contributed by atoms with van der Waals surface area (Å²) in [5.74, 6) is 3.38. The molecule has 0 unspecified atom stereocenters. The summed E-state index contributed by atoms with van der Waals surface area (Å²) in [6, 6.07) is 6.44. The van der Waals surface area contributed by atoms with Gasteiger partial charge in [-0.1, -0.05) is 38.0 Å². The number of rotatable bonds is 7. The molecule has 2 aliphatic carbocycles. The Hall–Kier alpha value is -1.57. The number of methoxy groups -OCH3 is 1. The smallest absolute Gasteiger partial charge is 0.155 e. The molecule has 2 heteroatoms. The van der Waals surface area contributed by atoms with E-state index in [1.54, 1.807) is 7.11 Å². The molecular weight excluding hydrogens is 296 g/mol. The van der Waals surface area contributed by atoms with Gasteiger partial charge < -0.3 is 4.74 Å². The van der Waals surface area contributed by atoms with Gasteiger partial charge in [0.2, 0.25) is 0 Å². The molecule has 3 atom stereocenters. The van der Waals surface area contributed by atoms with Crippen molar-refractivity contribution in [2.24, 2.45) is 17.8 Å². The third-order valence-corrected chi connectivity index (χ3v) is 5.95. The number of carbonyl (C=O) groups is 1. The molecule has 3 rings (SSSR count). The number of ether oxygens (including phenoxy) is 1. The Morgan fingerprint density at radius 1 is 1.25 bits per heavy atom. The zero-order chi connectivity index (χ0) is 16.9. The molecule has 0 spiro atoms. The van der Waals surface area contributed by atoms with Crippen LogP contribution < -0.4 is 4.74 Å². The first-order chi connectivity index (χ1) is 11.7. The number of unbranched alkanes of at least 4 members (excludes halogenated alkanes) is 2. The van der Waals surface area contributed by atoms with Crippen LogP contribution in [0.1, 0.15) is 56.6 Å². The number of ketones is 1. The Morgan fingerprint density at radius 3 is 2.92 bits per heavy atom. The van der Waals surface area contributed by atoms with Gasteiger partial charge in [0.25, 0.3) is 0 Å². The molecule has 1 aromatic rings. The molecule has 0 bridgehead atoms. The van der Waals surface area contributed by atoms with Crippen molar-refractivity contribution in [3.8, 4) is 5.75 Å². The quantitative estimate of drug-likeness (QED) is 0.512. The first-order valence-corrected chi connectivity index (χ1v) is 9.58. The van der Waals surface area contributed by atoms with Gasteiger partial charge in [0, 0.05) is 6.42 Å². The minimum Gasteiger partial charge on any atom is -0.496 e. The highest BCUT2D eigenvalue weighted by Gasteiger charge is 2.38. The molecule has 2 nitrogen and oxygen atoms in total. The lowest BCUT2D eigenvalue weighted by Crippen LogP contribution is -2.24. The molecule has 2 aliphatic rings. The Balaban J connectivity index is 1.64. The van der Waals surface area contributed by atoms with Crippen LogP contribution in [0.2, 0.25) is 0 Å². The summed E-state index contributed by atoms with van der Waals surface area (Å²) in [6.07, 6.45) is 13.0. The lowest BCUT2D eigenvalue weighted by atomic mass is 9.74. The summed E-state index contributed by atoms with van der Waals surface area (Å²) in [7, 11) is 1.77. The number of allylic oxidation sites excluding steroid dienone is 2. The third-order valence-electron chi connectivity index (χ3n) is 5.95. The van der Waals surface area contributed by atoms with Crippen molar-refractivity contribution in [3.63, 3.8) is 0 Å². The van der Waals surface area contributed by atoms with Crippen molar-refractivity contribution >= 4 is 5.78 Å². The van der Waals surface area contributed by atoms with Gasteiger partial charge in [-0.05, 0) is 73.1 Å². The molecule has 1 aromatic carbocycles. The van der Waals surface area contributed by atoms with Crippen LogP contribution in [0.4, 0.5) is 0 Å². The summed E-state index contributed by atoms with van der Waals surface area (Å²) in [6.45, 7) is 2.18. The van der Waals surface area contributed by atoms with Crippen molar-refractivity contribution in [1.82, 2.24) is 0 Å².